The predicted octanol–water partition coefficient (Wildman–Crippen LogP) is 3.59. The van der Waals surface area contributed by atoms with Crippen molar-refractivity contribution < 1.29 is 18.0 Å². The van der Waals surface area contributed by atoms with Crippen molar-refractivity contribution in [2.75, 3.05) is 13.1 Å². The first kappa shape index (κ1) is 17.3. The Morgan fingerprint density at radius 1 is 1.33 bits per heavy atom. The molecule has 1 saturated heterocycles. The second-order valence-corrected chi connectivity index (χ2v) is 6.96. The molecule has 1 atom stereocenters. The molecule has 3 rings (SSSR count). The molecule has 2 N–H and O–H groups in total. The third-order valence-corrected chi connectivity index (χ3v) is 5.27. The highest BCUT2D eigenvalue weighted by molar-refractivity contribution is 5.77. The molecule has 1 saturated carbocycles. The Hall–Kier alpha value is -1.56. The number of benzene rings is 1. The van der Waals surface area contributed by atoms with Crippen LogP contribution in [-0.2, 0) is 16.5 Å². The van der Waals surface area contributed by atoms with Gasteiger partial charge in [0.15, 0.2) is 0 Å². The van der Waals surface area contributed by atoms with Crippen LogP contribution >= 0.6 is 0 Å². The molecule has 1 aliphatic heterocycles. The summed E-state index contributed by atoms with van der Waals surface area (Å²) in [6.45, 7) is 1.95. The SMILES string of the molecule is O=C(CCC1CCNC1)NC1(c2cccc(C(F)(F)F)c2)CCC1. The number of hydrogen-bond acceptors (Lipinski definition) is 2. The summed E-state index contributed by atoms with van der Waals surface area (Å²) < 4.78 is 38.8. The zero-order chi connectivity index (χ0) is 17.2. The van der Waals surface area contributed by atoms with Gasteiger partial charge in [-0.1, -0.05) is 12.1 Å². The molecule has 1 aromatic carbocycles. The van der Waals surface area contributed by atoms with E-state index >= 15 is 0 Å². The first-order valence-electron chi connectivity index (χ1n) is 8.58. The second-order valence-electron chi connectivity index (χ2n) is 6.96. The molecule has 1 aromatic rings. The molecule has 6 heteroatoms. The Kier molecular flexibility index (Phi) is 4.85. The average Bonchev–Trinajstić information content (AvgIpc) is 3.01. The van der Waals surface area contributed by atoms with Crippen LogP contribution in [0.1, 0.15) is 49.7 Å². The second kappa shape index (κ2) is 6.75. The fourth-order valence-corrected chi connectivity index (χ4v) is 3.63. The number of alkyl halides is 3. The average molecular weight is 340 g/mol. The summed E-state index contributed by atoms with van der Waals surface area (Å²) in [4.78, 5) is 12.3. The van der Waals surface area contributed by atoms with Crippen LogP contribution < -0.4 is 10.6 Å². The lowest BCUT2D eigenvalue weighted by molar-refractivity contribution is -0.137. The van der Waals surface area contributed by atoms with Crippen LogP contribution in [0, 0.1) is 5.92 Å². The molecule has 1 heterocycles. The van der Waals surface area contributed by atoms with Gasteiger partial charge in [0.1, 0.15) is 0 Å². The van der Waals surface area contributed by atoms with Crippen LogP contribution in [0.15, 0.2) is 24.3 Å². The fourth-order valence-electron chi connectivity index (χ4n) is 3.63. The predicted molar refractivity (Wildman–Crippen MR) is 85.3 cm³/mol. The third-order valence-electron chi connectivity index (χ3n) is 5.27. The van der Waals surface area contributed by atoms with E-state index in [-0.39, 0.29) is 5.91 Å². The first-order chi connectivity index (χ1) is 11.4. The van der Waals surface area contributed by atoms with E-state index in [0.29, 0.717) is 30.7 Å². The van der Waals surface area contributed by atoms with Crippen LogP contribution in [0.3, 0.4) is 0 Å². The Morgan fingerprint density at radius 2 is 2.12 bits per heavy atom. The molecule has 2 fully saturated rings. The minimum atomic E-state index is -4.36. The summed E-state index contributed by atoms with van der Waals surface area (Å²) in [5, 5.41) is 6.30. The number of rotatable bonds is 5. The minimum Gasteiger partial charge on any atom is -0.347 e. The normalized spacial score (nSPS) is 22.9. The largest absolute Gasteiger partial charge is 0.416 e. The van der Waals surface area contributed by atoms with Crippen LogP contribution in [0.2, 0.25) is 0 Å². The topological polar surface area (TPSA) is 41.1 Å². The molecule has 0 bridgehead atoms. The molecule has 1 unspecified atom stereocenters. The highest BCUT2D eigenvalue weighted by Gasteiger charge is 2.41. The van der Waals surface area contributed by atoms with Gasteiger partial charge in [-0.05, 0) is 68.8 Å². The Balaban J connectivity index is 1.66. The lowest BCUT2D eigenvalue weighted by atomic mass is 9.71. The molecule has 0 aromatic heterocycles. The van der Waals surface area contributed by atoms with E-state index in [1.54, 1.807) is 6.07 Å². The minimum absolute atomic E-state index is 0.0565. The van der Waals surface area contributed by atoms with Crippen molar-refractivity contribution in [3.8, 4) is 0 Å². The van der Waals surface area contributed by atoms with E-state index in [9.17, 15) is 18.0 Å². The summed E-state index contributed by atoms with van der Waals surface area (Å²) in [7, 11) is 0. The molecule has 0 spiro atoms. The quantitative estimate of drug-likeness (QED) is 0.860. The van der Waals surface area contributed by atoms with Gasteiger partial charge in [0.25, 0.3) is 0 Å². The number of halogens is 3. The van der Waals surface area contributed by atoms with E-state index in [1.165, 1.54) is 12.1 Å². The lowest BCUT2D eigenvalue weighted by Crippen LogP contribution is -2.50. The van der Waals surface area contributed by atoms with E-state index in [4.69, 9.17) is 0 Å². The summed E-state index contributed by atoms with van der Waals surface area (Å²) in [5.41, 5.74) is -0.705. The van der Waals surface area contributed by atoms with E-state index in [1.807, 2.05) is 0 Å². The number of carbonyl (C=O) groups is 1. The van der Waals surface area contributed by atoms with Gasteiger partial charge in [0.2, 0.25) is 5.91 Å². The maximum Gasteiger partial charge on any atom is 0.416 e. The van der Waals surface area contributed by atoms with Crippen molar-refractivity contribution in [3.05, 3.63) is 35.4 Å². The van der Waals surface area contributed by atoms with Gasteiger partial charge in [-0.2, -0.15) is 13.2 Å². The summed E-state index contributed by atoms with van der Waals surface area (Å²) in [6.07, 6.45) is 0.316. The zero-order valence-corrected chi connectivity index (χ0v) is 13.6. The number of amides is 1. The maximum atomic E-state index is 12.9. The monoisotopic (exact) mass is 340 g/mol. The van der Waals surface area contributed by atoms with Gasteiger partial charge in [-0.3, -0.25) is 4.79 Å². The number of nitrogens with one attached hydrogen (secondary N) is 2. The van der Waals surface area contributed by atoms with Crippen molar-refractivity contribution >= 4 is 5.91 Å². The standard InChI is InChI=1S/C18H23F3N2O/c19-18(20,21)15-4-1-3-14(11-15)17(8-2-9-17)23-16(24)6-5-13-7-10-22-12-13/h1,3-4,11,13,22H,2,5-10,12H2,(H,23,24). The first-order valence-corrected chi connectivity index (χ1v) is 8.58. The van der Waals surface area contributed by atoms with Crippen LogP contribution in [0.25, 0.3) is 0 Å². The molecule has 0 radical (unpaired) electrons. The Labute approximate surface area is 140 Å². The summed E-state index contributed by atoms with van der Waals surface area (Å²) in [5.74, 6) is 0.473. The Bertz CT molecular complexity index is 590. The molecule has 1 aliphatic carbocycles. The maximum absolute atomic E-state index is 12.9. The van der Waals surface area contributed by atoms with Gasteiger partial charge < -0.3 is 10.6 Å². The molecular formula is C18H23F3N2O. The molecule has 3 nitrogen and oxygen atoms in total. The van der Waals surface area contributed by atoms with E-state index in [0.717, 1.165) is 38.4 Å². The molecule has 132 valence electrons. The highest BCUT2D eigenvalue weighted by Crippen LogP contribution is 2.43. The van der Waals surface area contributed by atoms with Gasteiger partial charge in [0, 0.05) is 6.42 Å². The van der Waals surface area contributed by atoms with Crippen molar-refractivity contribution in [3.63, 3.8) is 0 Å². The van der Waals surface area contributed by atoms with Crippen LogP contribution in [0.5, 0.6) is 0 Å². The van der Waals surface area contributed by atoms with Crippen molar-refractivity contribution in [1.82, 2.24) is 10.6 Å². The van der Waals surface area contributed by atoms with Crippen LogP contribution in [-0.4, -0.2) is 19.0 Å². The number of carbonyl (C=O) groups excluding carboxylic acids is 1. The molecule has 2 aliphatic rings. The van der Waals surface area contributed by atoms with Crippen molar-refractivity contribution in [1.29, 1.82) is 0 Å². The number of hydrogen-bond donors (Lipinski definition) is 2. The van der Waals surface area contributed by atoms with Gasteiger partial charge in [0.05, 0.1) is 11.1 Å². The zero-order valence-electron chi connectivity index (χ0n) is 13.6. The molecular weight excluding hydrogens is 317 g/mol. The van der Waals surface area contributed by atoms with Crippen molar-refractivity contribution in [2.45, 2.75) is 50.2 Å². The molecule has 24 heavy (non-hydrogen) atoms. The molecule has 1 amide bonds. The third kappa shape index (κ3) is 3.74. The van der Waals surface area contributed by atoms with Crippen molar-refractivity contribution in [2.24, 2.45) is 5.92 Å². The van der Waals surface area contributed by atoms with Gasteiger partial charge >= 0.3 is 6.18 Å². The van der Waals surface area contributed by atoms with Crippen LogP contribution in [0.4, 0.5) is 13.2 Å². The van der Waals surface area contributed by atoms with Gasteiger partial charge in [-0.25, -0.2) is 0 Å². The van der Waals surface area contributed by atoms with E-state index < -0.39 is 17.3 Å². The highest BCUT2D eigenvalue weighted by atomic mass is 19.4. The fraction of sp³-hybridized carbons (Fsp3) is 0.611. The lowest BCUT2D eigenvalue weighted by Gasteiger charge is -2.43. The van der Waals surface area contributed by atoms with Gasteiger partial charge in [-0.15, -0.1) is 0 Å². The van der Waals surface area contributed by atoms with E-state index in [2.05, 4.69) is 10.6 Å². The smallest absolute Gasteiger partial charge is 0.347 e. The summed E-state index contributed by atoms with van der Waals surface area (Å²) in [6, 6.07) is 5.37. The Morgan fingerprint density at radius 3 is 2.71 bits per heavy atom. The summed E-state index contributed by atoms with van der Waals surface area (Å²) >= 11 is 0.